The van der Waals surface area contributed by atoms with Crippen LogP contribution in [0, 0.1) is 5.41 Å². The van der Waals surface area contributed by atoms with Gasteiger partial charge in [0.25, 0.3) is 0 Å². The van der Waals surface area contributed by atoms with Crippen molar-refractivity contribution in [3.8, 4) is 0 Å². The maximum atomic E-state index is 11.7. The Bertz CT molecular complexity index is 390. The van der Waals surface area contributed by atoms with Crippen molar-refractivity contribution in [2.75, 3.05) is 26.7 Å². The fourth-order valence-electron chi connectivity index (χ4n) is 2.14. The van der Waals surface area contributed by atoms with Gasteiger partial charge < -0.3 is 10.5 Å². The average molecular weight is 264 g/mol. The highest BCUT2D eigenvalue weighted by molar-refractivity contribution is 5.76. The molecule has 1 aromatic rings. The van der Waals surface area contributed by atoms with E-state index >= 15 is 0 Å². The number of benzene rings is 1. The molecule has 106 valence electrons. The summed E-state index contributed by atoms with van der Waals surface area (Å²) in [6.45, 7) is 6.55. The normalized spacial score (nSPS) is 11.6. The molecule has 0 aromatic heterocycles. The molecule has 0 heterocycles. The molecule has 0 radical (unpaired) electrons. The Hall–Kier alpha value is -1.39. The Balaban J connectivity index is 2.70. The van der Waals surface area contributed by atoms with Crippen LogP contribution in [0.4, 0.5) is 0 Å². The Morgan fingerprint density at radius 3 is 2.47 bits per heavy atom. The van der Waals surface area contributed by atoms with E-state index in [4.69, 9.17) is 10.5 Å². The van der Waals surface area contributed by atoms with Gasteiger partial charge in [0.2, 0.25) is 0 Å². The first-order chi connectivity index (χ1) is 8.99. The minimum Gasteiger partial charge on any atom is -0.469 e. The molecular formula is C15H24N2O2. The number of methoxy groups -OCH3 is 1. The van der Waals surface area contributed by atoms with Crippen molar-refractivity contribution < 1.29 is 9.53 Å². The Morgan fingerprint density at radius 1 is 1.32 bits per heavy atom. The quantitative estimate of drug-likeness (QED) is 0.761. The van der Waals surface area contributed by atoms with E-state index in [2.05, 4.69) is 17.0 Å². The lowest BCUT2D eigenvalue weighted by Crippen LogP contribution is -2.41. The van der Waals surface area contributed by atoms with E-state index in [0.717, 1.165) is 13.1 Å². The van der Waals surface area contributed by atoms with Gasteiger partial charge in [-0.15, -0.1) is 0 Å². The van der Waals surface area contributed by atoms with E-state index in [1.165, 1.54) is 12.7 Å². The molecule has 0 spiro atoms. The van der Waals surface area contributed by atoms with Crippen molar-refractivity contribution in [1.82, 2.24) is 4.90 Å². The molecule has 0 bridgehead atoms. The largest absolute Gasteiger partial charge is 0.469 e. The molecule has 1 aromatic carbocycles. The molecule has 0 amide bonds. The molecular weight excluding hydrogens is 240 g/mol. The predicted octanol–water partition coefficient (Wildman–Crippen LogP) is 1.65. The van der Waals surface area contributed by atoms with Crippen LogP contribution in [0.25, 0.3) is 0 Å². The molecule has 4 heteroatoms. The monoisotopic (exact) mass is 264 g/mol. The zero-order valence-corrected chi connectivity index (χ0v) is 12.1. The Labute approximate surface area is 115 Å². The van der Waals surface area contributed by atoms with Crippen molar-refractivity contribution in [1.29, 1.82) is 0 Å². The maximum Gasteiger partial charge on any atom is 0.312 e. The van der Waals surface area contributed by atoms with Crippen molar-refractivity contribution >= 4 is 5.97 Å². The summed E-state index contributed by atoms with van der Waals surface area (Å²) in [5.41, 5.74) is 6.34. The number of hydrogen-bond acceptors (Lipinski definition) is 4. The molecule has 1 rings (SSSR count). The molecule has 0 unspecified atom stereocenters. The first-order valence-corrected chi connectivity index (χ1v) is 6.54. The van der Waals surface area contributed by atoms with E-state index in [-0.39, 0.29) is 5.97 Å². The molecule has 0 saturated carbocycles. The number of carbonyl (C=O) groups excluding carboxylic acids is 1. The molecule has 4 nitrogen and oxygen atoms in total. The van der Waals surface area contributed by atoms with Crippen LogP contribution < -0.4 is 5.73 Å². The van der Waals surface area contributed by atoms with E-state index in [1.807, 2.05) is 32.0 Å². The first kappa shape index (κ1) is 15.7. The molecule has 0 aliphatic rings. The van der Waals surface area contributed by atoms with E-state index in [9.17, 15) is 4.79 Å². The van der Waals surface area contributed by atoms with Gasteiger partial charge in [-0.25, -0.2) is 0 Å². The predicted molar refractivity (Wildman–Crippen MR) is 76.6 cm³/mol. The summed E-state index contributed by atoms with van der Waals surface area (Å²) in [5, 5.41) is 0. The lowest BCUT2D eigenvalue weighted by molar-refractivity contribution is -0.151. The lowest BCUT2D eigenvalue weighted by Gasteiger charge is -2.30. The van der Waals surface area contributed by atoms with E-state index in [0.29, 0.717) is 13.1 Å². The van der Waals surface area contributed by atoms with Gasteiger partial charge in [-0.3, -0.25) is 9.69 Å². The highest BCUT2D eigenvalue weighted by Gasteiger charge is 2.30. The molecule has 0 saturated heterocycles. The molecule has 19 heavy (non-hydrogen) atoms. The van der Waals surface area contributed by atoms with Gasteiger partial charge in [-0.05, 0) is 19.4 Å². The number of nitrogens with zero attached hydrogens (tertiary/aromatic N) is 1. The summed E-state index contributed by atoms with van der Waals surface area (Å²) in [5.74, 6) is -0.192. The average Bonchev–Trinajstić information content (AvgIpc) is 2.38. The van der Waals surface area contributed by atoms with Crippen LogP contribution in [0.3, 0.4) is 0 Å². The van der Waals surface area contributed by atoms with Crippen molar-refractivity contribution in [2.45, 2.75) is 20.4 Å². The molecule has 2 N–H and O–H groups in total. The topological polar surface area (TPSA) is 55.6 Å². The summed E-state index contributed by atoms with van der Waals surface area (Å²) in [6.07, 6.45) is 0. The van der Waals surface area contributed by atoms with Gasteiger partial charge in [-0.1, -0.05) is 30.3 Å². The number of esters is 1. The number of carbonyl (C=O) groups is 1. The Morgan fingerprint density at radius 2 is 1.95 bits per heavy atom. The van der Waals surface area contributed by atoms with Gasteiger partial charge in [0.05, 0.1) is 12.5 Å². The van der Waals surface area contributed by atoms with Crippen molar-refractivity contribution in [3.05, 3.63) is 35.9 Å². The van der Waals surface area contributed by atoms with Gasteiger partial charge >= 0.3 is 5.97 Å². The Kier molecular flexibility index (Phi) is 5.99. The minimum atomic E-state index is -0.529. The summed E-state index contributed by atoms with van der Waals surface area (Å²) >= 11 is 0. The SMILES string of the molecule is COC(=O)C(C)(C)CN(CCN)Cc1ccccc1. The standard InChI is InChI=1S/C15H24N2O2/c1-15(2,14(18)19-3)12-17(10-9-16)11-13-7-5-4-6-8-13/h4-8H,9-12,16H2,1-3H3. The fourth-order valence-corrected chi connectivity index (χ4v) is 2.14. The highest BCUT2D eigenvalue weighted by atomic mass is 16.5. The highest BCUT2D eigenvalue weighted by Crippen LogP contribution is 2.20. The molecule has 0 aliphatic carbocycles. The maximum absolute atomic E-state index is 11.7. The van der Waals surface area contributed by atoms with Gasteiger partial charge in [0, 0.05) is 26.2 Å². The van der Waals surface area contributed by atoms with E-state index < -0.39 is 5.41 Å². The van der Waals surface area contributed by atoms with Crippen molar-refractivity contribution in [3.63, 3.8) is 0 Å². The third-order valence-corrected chi connectivity index (χ3v) is 3.05. The van der Waals surface area contributed by atoms with Crippen LogP contribution in [0.5, 0.6) is 0 Å². The zero-order chi connectivity index (χ0) is 14.3. The number of hydrogen-bond donors (Lipinski definition) is 1. The van der Waals surface area contributed by atoms with Crippen LogP contribution in [-0.2, 0) is 16.1 Å². The third kappa shape index (κ3) is 5.01. The summed E-state index contributed by atoms with van der Waals surface area (Å²) in [6, 6.07) is 10.2. The van der Waals surface area contributed by atoms with Gasteiger partial charge in [0.15, 0.2) is 0 Å². The fraction of sp³-hybridized carbons (Fsp3) is 0.533. The number of ether oxygens (including phenoxy) is 1. The second kappa shape index (κ2) is 7.26. The molecule has 0 fully saturated rings. The molecule has 0 aliphatic heterocycles. The van der Waals surface area contributed by atoms with Crippen LogP contribution in [-0.4, -0.2) is 37.6 Å². The second-order valence-corrected chi connectivity index (χ2v) is 5.36. The second-order valence-electron chi connectivity index (χ2n) is 5.36. The van der Waals surface area contributed by atoms with Crippen molar-refractivity contribution in [2.24, 2.45) is 11.1 Å². The summed E-state index contributed by atoms with van der Waals surface area (Å²) in [4.78, 5) is 13.9. The van der Waals surface area contributed by atoms with Crippen LogP contribution in [0.2, 0.25) is 0 Å². The van der Waals surface area contributed by atoms with Crippen LogP contribution in [0.1, 0.15) is 19.4 Å². The summed E-state index contributed by atoms with van der Waals surface area (Å²) < 4.78 is 4.85. The van der Waals surface area contributed by atoms with E-state index in [1.54, 1.807) is 0 Å². The zero-order valence-electron chi connectivity index (χ0n) is 12.1. The minimum absolute atomic E-state index is 0.192. The van der Waals surface area contributed by atoms with Crippen LogP contribution >= 0.6 is 0 Å². The smallest absolute Gasteiger partial charge is 0.312 e. The van der Waals surface area contributed by atoms with Gasteiger partial charge in [-0.2, -0.15) is 0 Å². The summed E-state index contributed by atoms with van der Waals surface area (Å²) in [7, 11) is 1.43. The van der Waals surface area contributed by atoms with Crippen LogP contribution in [0.15, 0.2) is 30.3 Å². The lowest BCUT2D eigenvalue weighted by atomic mass is 9.92. The number of rotatable bonds is 7. The first-order valence-electron chi connectivity index (χ1n) is 6.54. The number of nitrogens with two attached hydrogens (primary N) is 1. The third-order valence-electron chi connectivity index (χ3n) is 3.05. The van der Waals surface area contributed by atoms with Gasteiger partial charge in [0.1, 0.15) is 0 Å². The molecule has 0 atom stereocenters.